The molecule has 0 unspecified atom stereocenters. The van der Waals surface area contributed by atoms with Crippen molar-refractivity contribution in [2.24, 2.45) is 0 Å². The molecule has 0 saturated heterocycles. The number of hydrogen-bond acceptors (Lipinski definition) is 3. The van der Waals surface area contributed by atoms with Crippen LogP contribution in [0.4, 0.5) is 0 Å². The highest BCUT2D eigenvalue weighted by molar-refractivity contribution is 6.32. The van der Waals surface area contributed by atoms with Gasteiger partial charge < -0.3 is 15.5 Å². The number of aliphatic hydroxyl groups excluding tert-OH is 1. The van der Waals surface area contributed by atoms with Gasteiger partial charge in [0.1, 0.15) is 5.75 Å². The molecule has 17 heavy (non-hydrogen) atoms. The first-order chi connectivity index (χ1) is 8.16. The quantitative estimate of drug-likeness (QED) is 0.778. The average Bonchev–Trinajstić information content (AvgIpc) is 2.33. The predicted octanol–water partition coefficient (Wildman–Crippen LogP) is 2.44. The van der Waals surface area contributed by atoms with E-state index in [-0.39, 0.29) is 11.9 Å². The molecule has 4 heteroatoms. The smallest absolute Gasteiger partial charge is 0.138 e. The van der Waals surface area contributed by atoms with Gasteiger partial charge in [0.25, 0.3) is 0 Å². The number of halogens is 1. The Labute approximate surface area is 106 Å². The van der Waals surface area contributed by atoms with Crippen LogP contribution in [0.15, 0.2) is 18.2 Å². The Kier molecular flexibility index (Phi) is 4.26. The number of phenols is 1. The Morgan fingerprint density at radius 2 is 1.94 bits per heavy atom. The van der Waals surface area contributed by atoms with Gasteiger partial charge in [-0.15, -0.1) is 0 Å². The maximum absolute atomic E-state index is 9.76. The van der Waals surface area contributed by atoms with Crippen molar-refractivity contribution in [3.63, 3.8) is 0 Å². The molecular weight excluding hydrogens is 238 g/mol. The van der Waals surface area contributed by atoms with Crippen LogP contribution in [0.2, 0.25) is 5.02 Å². The molecule has 94 valence electrons. The van der Waals surface area contributed by atoms with E-state index >= 15 is 0 Å². The van der Waals surface area contributed by atoms with Crippen molar-refractivity contribution >= 4 is 11.6 Å². The van der Waals surface area contributed by atoms with Crippen LogP contribution in [-0.2, 0) is 6.54 Å². The second-order valence-electron chi connectivity index (χ2n) is 4.63. The molecule has 0 aromatic heterocycles. The molecule has 3 nitrogen and oxygen atoms in total. The van der Waals surface area contributed by atoms with E-state index < -0.39 is 0 Å². The molecule has 0 aliphatic heterocycles. The lowest BCUT2D eigenvalue weighted by Crippen LogP contribution is -2.34. The Morgan fingerprint density at radius 1 is 1.24 bits per heavy atom. The number of phenolic OH excluding ortho intramolecular Hbond substituents is 1. The van der Waals surface area contributed by atoms with Gasteiger partial charge in [-0.2, -0.15) is 0 Å². The maximum Gasteiger partial charge on any atom is 0.138 e. The van der Waals surface area contributed by atoms with Crippen LogP contribution >= 0.6 is 11.6 Å². The van der Waals surface area contributed by atoms with Gasteiger partial charge in [0, 0.05) is 18.2 Å². The fraction of sp³-hybridized carbons (Fsp3) is 0.538. The largest absolute Gasteiger partial charge is 0.506 e. The summed E-state index contributed by atoms with van der Waals surface area (Å²) in [4.78, 5) is 0. The zero-order valence-electron chi connectivity index (χ0n) is 9.69. The molecule has 0 atom stereocenters. The molecule has 3 N–H and O–H groups in total. The summed E-state index contributed by atoms with van der Waals surface area (Å²) >= 11 is 5.84. The van der Waals surface area contributed by atoms with E-state index in [0.717, 1.165) is 31.2 Å². The van der Waals surface area contributed by atoms with Gasteiger partial charge in [0.05, 0.1) is 11.1 Å². The van der Waals surface area contributed by atoms with Crippen LogP contribution < -0.4 is 5.32 Å². The zero-order chi connectivity index (χ0) is 12.3. The van der Waals surface area contributed by atoms with E-state index in [1.54, 1.807) is 6.07 Å². The minimum atomic E-state index is -0.132. The third kappa shape index (κ3) is 3.35. The molecule has 1 aliphatic carbocycles. The second kappa shape index (κ2) is 5.71. The van der Waals surface area contributed by atoms with Gasteiger partial charge in [0.15, 0.2) is 0 Å². The highest BCUT2D eigenvalue weighted by atomic mass is 35.5. The van der Waals surface area contributed by atoms with Crippen molar-refractivity contribution in [1.29, 1.82) is 0 Å². The van der Waals surface area contributed by atoms with E-state index in [4.69, 9.17) is 11.6 Å². The summed E-state index contributed by atoms with van der Waals surface area (Å²) in [6.07, 6.45) is 3.57. The molecule has 1 aromatic carbocycles. The standard InChI is InChI=1S/C13H18ClNO2/c14-12-3-1-2-9(13(12)17)8-15-10-4-6-11(16)7-5-10/h1-3,10-11,15-17H,4-8H2. The maximum atomic E-state index is 9.76. The van der Waals surface area contributed by atoms with Gasteiger partial charge in [-0.05, 0) is 31.7 Å². The molecular formula is C13H18ClNO2. The fourth-order valence-electron chi connectivity index (χ4n) is 2.24. The number of benzene rings is 1. The number of aliphatic hydroxyl groups is 1. The van der Waals surface area contributed by atoms with E-state index in [1.165, 1.54) is 0 Å². The molecule has 1 aromatic rings. The molecule has 0 heterocycles. The van der Waals surface area contributed by atoms with E-state index in [2.05, 4.69) is 5.32 Å². The molecule has 0 amide bonds. The van der Waals surface area contributed by atoms with E-state index in [9.17, 15) is 10.2 Å². The lowest BCUT2D eigenvalue weighted by molar-refractivity contribution is 0.116. The monoisotopic (exact) mass is 255 g/mol. The molecule has 2 rings (SSSR count). The van der Waals surface area contributed by atoms with Crippen molar-refractivity contribution in [2.45, 2.75) is 44.4 Å². The Balaban J connectivity index is 1.87. The Morgan fingerprint density at radius 3 is 2.65 bits per heavy atom. The predicted molar refractivity (Wildman–Crippen MR) is 68.2 cm³/mol. The third-order valence-corrected chi connectivity index (χ3v) is 3.65. The van der Waals surface area contributed by atoms with Crippen molar-refractivity contribution in [3.8, 4) is 5.75 Å². The van der Waals surface area contributed by atoms with E-state index in [1.807, 2.05) is 12.1 Å². The number of rotatable bonds is 3. The Bertz CT molecular complexity index is 376. The number of hydrogen-bond donors (Lipinski definition) is 3. The van der Waals surface area contributed by atoms with Crippen LogP contribution in [0, 0.1) is 0 Å². The van der Waals surface area contributed by atoms with Crippen molar-refractivity contribution in [1.82, 2.24) is 5.32 Å². The van der Waals surface area contributed by atoms with Crippen LogP contribution in [0.1, 0.15) is 31.2 Å². The van der Waals surface area contributed by atoms with Crippen molar-refractivity contribution in [2.75, 3.05) is 0 Å². The van der Waals surface area contributed by atoms with Gasteiger partial charge in [-0.25, -0.2) is 0 Å². The molecule has 0 radical (unpaired) electrons. The topological polar surface area (TPSA) is 52.5 Å². The summed E-state index contributed by atoms with van der Waals surface area (Å²) in [5.41, 5.74) is 0.823. The van der Waals surface area contributed by atoms with Crippen molar-refractivity contribution in [3.05, 3.63) is 28.8 Å². The number of aromatic hydroxyl groups is 1. The number of para-hydroxylation sites is 1. The van der Waals surface area contributed by atoms with Crippen LogP contribution in [0.3, 0.4) is 0 Å². The molecule has 1 aliphatic rings. The van der Waals surface area contributed by atoms with Gasteiger partial charge >= 0.3 is 0 Å². The first kappa shape index (κ1) is 12.7. The lowest BCUT2D eigenvalue weighted by Gasteiger charge is -2.26. The van der Waals surface area contributed by atoms with Crippen LogP contribution in [-0.4, -0.2) is 22.4 Å². The highest BCUT2D eigenvalue weighted by Gasteiger charge is 2.19. The second-order valence-corrected chi connectivity index (χ2v) is 5.04. The summed E-state index contributed by atoms with van der Waals surface area (Å²) in [7, 11) is 0. The minimum Gasteiger partial charge on any atom is -0.506 e. The lowest BCUT2D eigenvalue weighted by atomic mass is 9.93. The molecule has 0 spiro atoms. The molecule has 1 saturated carbocycles. The summed E-state index contributed by atoms with van der Waals surface area (Å²) in [6.45, 7) is 0.618. The average molecular weight is 256 g/mol. The van der Waals surface area contributed by atoms with Gasteiger partial charge in [-0.3, -0.25) is 0 Å². The fourth-order valence-corrected chi connectivity index (χ4v) is 2.43. The van der Waals surface area contributed by atoms with E-state index in [0.29, 0.717) is 17.6 Å². The third-order valence-electron chi connectivity index (χ3n) is 3.35. The summed E-state index contributed by atoms with van der Waals surface area (Å²) in [5, 5.41) is 23.0. The summed E-state index contributed by atoms with van der Waals surface area (Å²) in [5.74, 6) is 0.164. The first-order valence-electron chi connectivity index (χ1n) is 6.04. The summed E-state index contributed by atoms with van der Waals surface area (Å²) in [6, 6.07) is 5.81. The summed E-state index contributed by atoms with van der Waals surface area (Å²) < 4.78 is 0. The molecule has 1 fully saturated rings. The normalized spacial score (nSPS) is 24.8. The highest BCUT2D eigenvalue weighted by Crippen LogP contribution is 2.27. The van der Waals surface area contributed by atoms with Crippen molar-refractivity contribution < 1.29 is 10.2 Å². The number of nitrogens with one attached hydrogen (secondary N) is 1. The minimum absolute atomic E-state index is 0.132. The van der Waals surface area contributed by atoms with Gasteiger partial charge in [-0.1, -0.05) is 23.7 Å². The molecule has 0 bridgehead atoms. The Hall–Kier alpha value is -0.770. The van der Waals surface area contributed by atoms with Crippen LogP contribution in [0.25, 0.3) is 0 Å². The SMILES string of the molecule is Oc1c(Cl)cccc1CNC1CCC(O)CC1. The van der Waals surface area contributed by atoms with Gasteiger partial charge in [0.2, 0.25) is 0 Å². The first-order valence-corrected chi connectivity index (χ1v) is 6.42. The zero-order valence-corrected chi connectivity index (χ0v) is 10.5. The van der Waals surface area contributed by atoms with Crippen LogP contribution in [0.5, 0.6) is 5.75 Å².